The van der Waals surface area contributed by atoms with Gasteiger partial charge in [0.15, 0.2) is 0 Å². The summed E-state index contributed by atoms with van der Waals surface area (Å²) < 4.78 is 26.4. The molecule has 1 aliphatic heterocycles. The summed E-state index contributed by atoms with van der Waals surface area (Å²) in [6.07, 6.45) is 0.438. The molecule has 5 nitrogen and oxygen atoms in total. The average molecular weight is 274 g/mol. The second-order valence-electron chi connectivity index (χ2n) is 5.16. The lowest BCUT2D eigenvalue weighted by atomic mass is 9.85. The number of hydrogen-bond acceptors (Lipinski definition) is 3. The molecule has 2 rings (SSSR count). The van der Waals surface area contributed by atoms with Gasteiger partial charge in [0.05, 0.1) is 0 Å². The van der Waals surface area contributed by atoms with Crippen molar-refractivity contribution < 1.29 is 23.2 Å². The van der Waals surface area contributed by atoms with Crippen molar-refractivity contribution in [3.63, 3.8) is 0 Å². The van der Waals surface area contributed by atoms with Crippen LogP contribution in [0.5, 0.6) is 0 Å². The monoisotopic (exact) mass is 274 g/mol. The molecule has 0 spiro atoms. The Balaban J connectivity index is 1.90. The van der Waals surface area contributed by atoms with E-state index in [0.29, 0.717) is 12.8 Å². The first-order valence-electron chi connectivity index (χ1n) is 6.39. The summed E-state index contributed by atoms with van der Waals surface area (Å²) in [6.45, 7) is 0. The fourth-order valence-electron chi connectivity index (χ4n) is 2.52. The van der Waals surface area contributed by atoms with Crippen molar-refractivity contribution in [1.29, 1.82) is 0 Å². The summed E-state index contributed by atoms with van der Waals surface area (Å²) in [5, 5.41) is 4.57. The molecule has 0 aromatic heterocycles. The van der Waals surface area contributed by atoms with Crippen LogP contribution in [0.4, 0.5) is 8.78 Å². The molecular formula is C12H16F2N2O3. The van der Waals surface area contributed by atoms with Crippen LogP contribution in [0.3, 0.4) is 0 Å². The highest BCUT2D eigenvalue weighted by atomic mass is 19.3. The first-order chi connectivity index (χ1) is 8.87. The third kappa shape index (κ3) is 3.48. The summed E-state index contributed by atoms with van der Waals surface area (Å²) in [5.74, 6) is -5.01. The van der Waals surface area contributed by atoms with E-state index in [1.165, 1.54) is 0 Å². The number of nitrogens with one attached hydrogen (secondary N) is 2. The van der Waals surface area contributed by atoms with Gasteiger partial charge in [0, 0.05) is 25.2 Å². The summed E-state index contributed by atoms with van der Waals surface area (Å²) in [6, 6.07) is -0.791. The number of carbonyl (C=O) groups is 3. The van der Waals surface area contributed by atoms with E-state index in [0.717, 1.165) is 0 Å². The second-order valence-corrected chi connectivity index (χ2v) is 5.16. The Kier molecular flexibility index (Phi) is 3.82. The molecule has 0 bridgehead atoms. The van der Waals surface area contributed by atoms with Crippen molar-refractivity contribution in [3.8, 4) is 0 Å². The van der Waals surface area contributed by atoms with Gasteiger partial charge in [-0.05, 0) is 19.3 Å². The van der Waals surface area contributed by atoms with Gasteiger partial charge in [0.25, 0.3) is 0 Å². The van der Waals surface area contributed by atoms with Crippen molar-refractivity contribution in [2.75, 3.05) is 0 Å². The van der Waals surface area contributed by atoms with E-state index in [-0.39, 0.29) is 25.2 Å². The van der Waals surface area contributed by atoms with Gasteiger partial charge < -0.3 is 5.32 Å². The van der Waals surface area contributed by atoms with Crippen LogP contribution >= 0.6 is 0 Å². The fourth-order valence-corrected chi connectivity index (χ4v) is 2.52. The Labute approximate surface area is 109 Å². The molecular weight excluding hydrogens is 258 g/mol. The number of rotatable bonds is 2. The van der Waals surface area contributed by atoms with Gasteiger partial charge in [-0.2, -0.15) is 0 Å². The fraction of sp³-hybridized carbons (Fsp3) is 0.750. The Hall–Kier alpha value is -1.53. The highest BCUT2D eigenvalue weighted by Crippen LogP contribution is 2.36. The van der Waals surface area contributed by atoms with Crippen molar-refractivity contribution in [3.05, 3.63) is 0 Å². The van der Waals surface area contributed by atoms with E-state index in [1.54, 1.807) is 0 Å². The molecule has 2 atom stereocenters. The number of alkyl halides is 2. The average Bonchev–Trinajstić information content (AvgIpc) is 2.31. The van der Waals surface area contributed by atoms with Crippen LogP contribution in [0.1, 0.15) is 38.5 Å². The van der Waals surface area contributed by atoms with Crippen molar-refractivity contribution >= 4 is 17.7 Å². The maximum absolute atomic E-state index is 13.2. The maximum Gasteiger partial charge on any atom is 0.249 e. The third-order valence-electron chi connectivity index (χ3n) is 3.57. The molecule has 2 N–H and O–H groups in total. The smallest absolute Gasteiger partial charge is 0.249 e. The lowest BCUT2D eigenvalue weighted by Gasteiger charge is -2.30. The minimum Gasteiger partial charge on any atom is -0.344 e. The quantitative estimate of drug-likeness (QED) is 0.729. The van der Waals surface area contributed by atoms with Crippen LogP contribution in [0.15, 0.2) is 0 Å². The molecule has 0 aromatic rings. The summed E-state index contributed by atoms with van der Waals surface area (Å²) in [4.78, 5) is 34.3. The highest BCUT2D eigenvalue weighted by Gasteiger charge is 2.40. The molecule has 0 aromatic carbocycles. The van der Waals surface area contributed by atoms with Gasteiger partial charge in [-0.3, -0.25) is 19.7 Å². The Morgan fingerprint density at radius 3 is 2.68 bits per heavy atom. The van der Waals surface area contributed by atoms with E-state index < -0.39 is 36.1 Å². The van der Waals surface area contributed by atoms with E-state index >= 15 is 0 Å². The van der Waals surface area contributed by atoms with Gasteiger partial charge in [-0.25, -0.2) is 8.78 Å². The number of amides is 3. The minimum absolute atomic E-state index is 0.150. The van der Waals surface area contributed by atoms with Crippen LogP contribution in [0, 0.1) is 5.92 Å². The lowest BCUT2D eigenvalue weighted by molar-refractivity contribution is -0.140. The second kappa shape index (κ2) is 5.22. The van der Waals surface area contributed by atoms with Gasteiger partial charge in [0.2, 0.25) is 23.6 Å². The van der Waals surface area contributed by atoms with Crippen molar-refractivity contribution in [2.24, 2.45) is 5.92 Å². The standard InChI is InChI=1S/C12H16F2N2O3/c13-12(14)5-1-2-7(6-12)10(18)15-8-3-4-9(17)16-11(8)19/h7-8H,1-6H2,(H,15,18)(H,16,17,19). The zero-order chi connectivity index (χ0) is 14.0. The molecule has 2 aliphatic rings. The SMILES string of the molecule is O=C1CCC(NC(=O)C2CCCC(F)(F)C2)C(=O)N1. The molecule has 1 saturated heterocycles. The molecule has 19 heavy (non-hydrogen) atoms. The third-order valence-corrected chi connectivity index (χ3v) is 3.57. The van der Waals surface area contributed by atoms with Crippen molar-refractivity contribution in [1.82, 2.24) is 10.6 Å². The predicted molar refractivity (Wildman–Crippen MR) is 61.2 cm³/mol. The Morgan fingerprint density at radius 2 is 2.05 bits per heavy atom. The molecule has 0 radical (unpaired) electrons. The summed E-state index contributed by atoms with van der Waals surface area (Å²) in [5.41, 5.74) is 0. The zero-order valence-electron chi connectivity index (χ0n) is 10.4. The van der Waals surface area contributed by atoms with E-state index in [9.17, 15) is 23.2 Å². The largest absolute Gasteiger partial charge is 0.344 e. The molecule has 106 valence electrons. The number of piperidine rings is 1. The van der Waals surface area contributed by atoms with E-state index in [1.807, 2.05) is 0 Å². The first-order valence-corrected chi connectivity index (χ1v) is 6.39. The van der Waals surface area contributed by atoms with E-state index in [4.69, 9.17) is 0 Å². The lowest BCUT2D eigenvalue weighted by Crippen LogP contribution is -2.53. The molecule has 1 saturated carbocycles. The summed E-state index contributed by atoms with van der Waals surface area (Å²) >= 11 is 0. The first kappa shape index (κ1) is 13.9. The Bertz CT molecular complexity index is 412. The van der Waals surface area contributed by atoms with Crippen LogP contribution in [0.25, 0.3) is 0 Å². The van der Waals surface area contributed by atoms with Gasteiger partial charge in [0.1, 0.15) is 6.04 Å². The van der Waals surface area contributed by atoms with Gasteiger partial charge in [-0.15, -0.1) is 0 Å². The predicted octanol–water partition coefficient (Wildman–Crippen LogP) is 0.733. The highest BCUT2D eigenvalue weighted by molar-refractivity contribution is 6.01. The Morgan fingerprint density at radius 1 is 1.32 bits per heavy atom. The maximum atomic E-state index is 13.2. The van der Waals surface area contributed by atoms with Crippen molar-refractivity contribution in [2.45, 2.75) is 50.5 Å². The van der Waals surface area contributed by atoms with Gasteiger partial charge in [-0.1, -0.05) is 0 Å². The zero-order valence-corrected chi connectivity index (χ0v) is 10.4. The topological polar surface area (TPSA) is 75.3 Å². The van der Waals surface area contributed by atoms with Crippen LogP contribution < -0.4 is 10.6 Å². The molecule has 2 unspecified atom stereocenters. The normalized spacial score (nSPS) is 30.6. The molecule has 1 heterocycles. The van der Waals surface area contributed by atoms with E-state index in [2.05, 4.69) is 10.6 Å². The number of halogens is 2. The summed E-state index contributed by atoms with van der Waals surface area (Å²) in [7, 11) is 0. The van der Waals surface area contributed by atoms with Gasteiger partial charge >= 0.3 is 0 Å². The van der Waals surface area contributed by atoms with Crippen LogP contribution in [-0.2, 0) is 14.4 Å². The molecule has 1 aliphatic carbocycles. The number of hydrogen-bond donors (Lipinski definition) is 2. The molecule has 3 amide bonds. The molecule has 7 heteroatoms. The van der Waals surface area contributed by atoms with Crippen LogP contribution in [-0.4, -0.2) is 29.7 Å². The molecule has 2 fully saturated rings. The number of carbonyl (C=O) groups excluding carboxylic acids is 3. The number of imide groups is 1. The van der Waals surface area contributed by atoms with Crippen LogP contribution in [0.2, 0.25) is 0 Å². The minimum atomic E-state index is -2.80.